The van der Waals surface area contributed by atoms with Gasteiger partial charge in [0.2, 0.25) is 23.5 Å². The SMILES string of the molecule is Cc1nc(-c2cccc(N3C[C@H](C(=O)N4CCCc5ccccc54)CC3=O)c2)no1. The first-order valence-corrected chi connectivity index (χ1v) is 10.2. The van der Waals surface area contributed by atoms with Crippen LogP contribution < -0.4 is 9.80 Å². The molecule has 0 unspecified atom stereocenters. The largest absolute Gasteiger partial charge is 0.339 e. The van der Waals surface area contributed by atoms with Crippen LogP contribution in [0.5, 0.6) is 0 Å². The summed E-state index contributed by atoms with van der Waals surface area (Å²) in [5.74, 6) is 0.612. The summed E-state index contributed by atoms with van der Waals surface area (Å²) in [4.78, 5) is 33.9. The third-order valence-electron chi connectivity index (χ3n) is 5.79. The van der Waals surface area contributed by atoms with Crippen LogP contribution in [0.4, 0.5) is 11.4 Å². The minimum atomic E-state index is -0.347. The van der Waals surface area contributed by atoms with Gasteiger partial charge >= 0.3 is 0 Å². The van der Waals surface area contributed by atoms with E-state index >= 15 is 0 Å². The maximum atomic E-state index is 13.3. The molecule has 0 spiro atoms. The molecule has 2 aliphatic heterocycles. The standard InChI is InChI=1S/C23H22N4O3/c1-15-24-22(25-30-15)17-7-4-9-19(12-17)27-14-18(13-21(27)28)23(29)26-11-5-8-16-6-2-3-10-20(16)26/h2-4,6-7,9-10,12,18H,5,8,11,13-14H2,1H3/t18-/m1/s1. The smallest absolute Gasteiger partial charge is 0.232 e. The zero-order valence-corrected chi connectivity index (χ0v) is 16.7. The van der Waals surface area contributed by atoms with Crippen molar-refractivity contribution in [2.24, 2.45) is 5.92 Å². The molecule has 3 heterocycles. The lowest BCUT2D eigenvalue weighted by molar-refractivity contribution is -0.124. The summed E-state index contributed by atoms with van der Waals surface area (Å²) in [7, 11) is 0. The summed E-state index contributed by atoms with van der Waals surface area (Å²) >= 11 is 0. The number of amides is 2. The van der Waals surface area contributed by atoms with Crippen LogP contribution in [0.2, 0.25) is 0 Å². The zero-order chi connectivity index (χ0) is 20.7. The van der Waals surface area contributed by atoms with Gasteiger partial charge in [-0.2, -0.15) is 4.98 Å². The number of rotatable bonds is 3. The van der Waals surface area contributed by atoms with E-state index in [9.17, 15) is 9.59 Å². The van der Waals surface area contributed by atoms with Gasteiger partial charge < -0.3 is 14.3 Å². The Morgan fingerprint density at radius 3 is 2.87 bits per heavy atom. The van der Waals surface area contributed by atoms with Gasteiger partial charge in [0.15, 0.2) is 0 Å². The predicted octanol–water partition coefficient (Wildman–Crippen LogP) is 3.38. The second-order valence-corrected chi connectivity index (χ2v) is 7.81. The Hall–Kier alpha value is -3.48. The molecule has 2 aliphatic rings. The van der Waals surface area contributed by atoms with Crippen molar-refractivity contribution in [1.29, 1.82) is 0 Å². The van der Waals surface area contributed by atoms with E-state index in [-0.39, 0.29) is 24.2 Å². The maximum Gasteiger partial charge on any atom is 0.232 e. The Balaban J connectivity index is 1.37. The molecule has 2 amide bonds. The minimum absolute atomic E-state index is 0.0305. The normalized spacial score (nSPS) is 18.6. The van der Waals surface area contributed by atoms with Crippen LogP contribution >= 0.6 is 0 Å². The van der Waals surface area contributed by atoms with Gasteiger partial charge in [0, 0.05) is 43.4 Å². The van der Waals surface area contributed by atoms with Gasteiger partial charge in [-0.1, -0.05) is 35.5 Å². The summed E-state index contributed by atoms with van der Waals surface area (Å²) in [5.41, 5.74) is 3.70. The van der Waals surface area contributed by atoms with Crippen LogP contribution in [-0.4, -0.2) is 35.0 Å². The topological polar surface area (TPSA) is 79.5 Å². The van der Waals surface area contributed by atoms with Gasteiger partial charge in [0.05, 0.1) is 5.92 Å². The lowest BCUT2D eigenvalue weighted by atomic mass is 9.99. The van der Waals surface area contributed by atoms with E-state index in [0.29, 0.717) is 24.8 Å². The molecule has 2 aromatic carbocycles. The highest BCUT2D eigenvalue weighted by Gasteiger charge is 2.38. The molecule has 0 N–H and O–H groups in total. The number of carbonyl (C=O) groups excluding carboxylic acids is 2. The summed E-state index contributed by atoms with van der Waals surface area (Å²) in [6, 6.07) is 15.5. The van der Waals surface area contributed by atoms with Gasteiger partial charge in [-0.05, 0) is 36.6 Å². The fourth-order valence-electron chi connectivity index (χ4n) is 4.33. The number of carbonyl (C=O) groups is 2. The van der Waals surface area contributed by atoms with Crippen molar-refractivity contribution in [1.82, 2.24) is 10.1 Å². The molecule has 0 bridgehead atoms. The monoisotopic (exact) mass is 402 g/mol. The van der Waals surface area contributed by atoms with E-state index in [1.807, 2.05) is 47.4 Å². The molecule has 152 valence electrons. The molecule has 1 aromatic heterocycles. The molecule has 0 aliphatic carbocycles. The van der Waals surface area contributed by atoms with Gasteiger partial charge in [-0.15, -0.1) is 0 Å². The van der Waals surface area contributed by atoms with Crippen LogP contribution in [0.3, 0.4) is 0 Å². The second kappa shape index (κ2) is 7.40. The Morgan fingerprint density at radius 1 is 1.17 bits per heavy atom. The second-order valence-electron chi connectivity index (χ2n) is 7.81. The predicted molar refractivity (Wildman–Crippen MR) is 112 cm³/mol. The average molecular weight is 402 g/mol. The molecule has 3 aromatic rings. The number of aryl methyl sites for hydroxylation is 2. The first-order valence-electron chi connectivity index (χ1n) is 10.2. The Bertz CT molecular complexity index is 1120. The van der Waals surface area contributed by atoms with E-state index in [1.54, 1.807) is 11.8 Å². The summed E-state index contributed by atoms with van der Waals surface area (Å²) < 4.78 is 5.06. The molecule has 1 atom stereocenters. The number of hydrogen-bond acceptors (Lipinski definition) is 5. The fourth-order valence-corrected chi connectivity index (χ4v) is 4.33. The van der Waals surface area contributed by atoms with Crippen LogP contribution in [0, 0.1) is 12.8 Å². The van der Waals surface area contributed by atoms with Crippen LogP contribution in [0.1, 0.15) is 24.3 Å². The molecule has 7 heteroatoms. The van der Waals surface area contributed by atoms with Crippen molar-refractivity contribution in [3.63, 3.8) is 0 Å². The highest BCUT2D eigenvalue weighted by Crippen LogP contribution is 2.33. The first-order chi connectivity index (χ1) is 14.6. The Labute approximate surface area is 174 Å². The minimum Gasteiger partial charge on any atom is -0.339 e. The fraction of sp³-hybridized carbons (Fsp3) is 0.304. The van der Waals surface area contributed by atoms with Crippen molar-refractivity contribution in [3.05, 3.63) is 60.0 Å². The van der Waals surface area contributed by atoms with Gasteiger partial charge in [0.1, 0.15) is 0 Å². The third kappa shape index (κ3) is 3.26. The molecule has 7 nitrogen and oxygen atoms in total. The molecular weight excluding hydrogens is 380 g/mol. The third-order valence-corrected chi connectivity index (χ3v) is 5.79. The van der Waals surface area contributed by atoms with Crippen molar-refractivity contribution in [2.45, 2.75) is 26.2 Å². The number of aromatic nitrogens is 2. The Morgan fingerprint density at radius 2 is 2.03 bits per heavy atom. The molecule has 1 saturated heterocycles. The maximum absolute atomic E-state index is 13.3. The van der Waals surface area contributed by atoms with Crippen LogP contribution in [-0.2, 0) is 16.0 Å². The summed E-state index contributed by atoms with van der Waals surface area (Å²) in [5, 5.41) is 3.95. The van der Waals surface area contributed by atoms with E-state index in [2.05, 4.69) is 16.2 Å². The van der Waals surface area contributed by atoms with Crippen LogP contribution in [0.25, 0.3) is 11.4 Å². The number of para-hydroxylation sites is 1. The van der Waals surface area contributed by atoms with Gasteiger partial charge in [-0.25, -0.2) is 0 Å². The number of nitrogens with zero attached hydrogens (tertiary/aromatic N) is 4. The van der Waals surface area contributed by atoms with Crippen molar-refractivity contribution in [3.8, 4) is 11.4 Å². The van der Waals surface area contributed by atoms with E-state index in [0.717, 1.165) is 29.8 Å². The molecule has 0 saturated carbocycles. The van der Waals surface area contributed by atoms with E-state index in [4.69, 9.17) is 4.52 Å². The highest BCUT2D eigenvalue weighted by atomic mass is 16.5. The lowest BCUT2D eigenvalue weighted by Crippen LogP contribution is -2.40. The van der Waals surface area contributed by atoms with E-state index in [1.165, 1.54) is 5.56 Å². The first kappa shape index (κ1) is 18.5. The Kier molecular flexibility index (Phi) is 4.58. The van der Waals surface area contributed by atoms with Crippen molar-refractivity contribution < 1.29 is 14.1 Å². The van der Waals surface area contributed by atoms with Crippen molar-refractivity contribution >= 4 is 23.2 Å². The number of fused-ring (bicyclic) bond motifs is 1. The lowest BCUT2D eigenvalue weighted by Gasteiger charge is -2.31. The molecule has 0 radical (unpaired) electrons. The molecule has 30 heavy (non-hydrogen) atoms. The molecule has 1 fully saturated rings. The number of hydrogen-bond donors (Lipinski definition) is 0. The number of benzene rings is 2. The quantitative estimate of drug-likeness (QED) is 0.671. The van der Waals surface area contributed by atoms with Crippen LogP contribution in [0.15, 0.2) is 53.1 Å². The highest BCUT2D eigenvalue weighted by molar-refractivity contribution is 6.05. The zero-order valence-electron chi connectivity index (χ0n) is 16.7. The van der Waals surface area contributed by atoms with Crippen molar-refractivity contribution in [2.75, 3.05) is 22.9 Å². The molecule has 5 rings (SSSR count). The molecular formula is C23H22N4O3. The number of anilines is 2. The van der Waals surface area contributed by atoms with Gasteiger partial charge in [0.25, 0.3) is 0 Å². The summed E-state index contributed by atoms with van der Waals surface area (Å²) in [6.45, 7) is 2.82. The van der Waals surface area contributed by atoms with Gasteiger partial charge in [-0.3, -0.25) is 9.59 Å². The average Bonchev–Trinajstić information content (AvgIpc) is 3.38. The summed E-state index contributed by atoms with van der Waals surface area (Å²) in [6.07, 6.45) is 2.15. The van der Waals surface area contributed by atoms with E-state index < -0.39 is 0 Å².